The van der Waals surface area contributed by atoms with E-state index in [2.05, 4.69) is 36.6 Å². The van der Waals surface area contributed by atoms with Crippen molar-refractivity contribution in [3.05, 3.63) is 35.4 Å². The Labute approximate surface area is 117 Å². The van der Waals surface area contributed by atoms with Gasteiger partial charge in [0.1, 0.15) is 0 Å². The second-order valence-corrected chi connectivity index (χ2v) is 5.94. The molecule has 1 aromatic carbocycles. The van der Waals surface area contributed by atoms with E-state index in [0.717, 1.165) is 18.8 Å². The molecule has 1 saturated carbocycles. The summed E-state index contributed by atoms with van der Waals surface area (Å²) >= 11 is 0. The zero-order valence-corrected chi connectivity index (χ0v) is 12.2. The van der Waals surface area contributed by atoms with Gasteiger partial charge in [0.05, 0.1) is 0 Å². The Morgan fingerprint density at radius 3 is 2.79 bits per heavy atom. The van der Waals surface area contributed by atoms with Crippen molar-refractivity contribution in [2.45, 2.75) is 64.3 Å². The van der Waals surface area contributed by atoms with Crippen molar-refractivity contribution in [2.24, 2.45) is 11.8 Å². The molecule has 0 aromatic heterocycles. The van der Waals surface area contributed by atoms with Crippen molar-refractivity contribution in [1.82, 2.24) is 5.43 Å². The Hall–Kier alpha value is -0.860. The second-order valence-electron chi connectivity index (χ2n) is 5.94. The van der Waals surface area contributed by atoms with Gasteiger partial charge in [0.15, 0.2) is 0 Å². The first-order valence-electron chi connectivity index (χ1n) is 7.88. The summed E-state index contributed by atoms with van der Waals surface area (Å²) in [6.07, 6.45) is 10.5. The maximum atomic E-state index is 5.76. The third-order valence-electron chi connectivity index (χ3n) is 4.43. The van der Waals surface area contributed by atoms with E-state index in [1.165, 1.54) is 49.7 Å². The van der Waals surface area contributed by atoms with E-state index in [4.69, 9.17) is 5.84 Å². The number of aryl methyl sites for hydroxylation is 1. The summed E-state index contributed by atoms with van der Waals surface area (Å²) < 4.78 is 0. The fourth-order valence-corrected chi connectivity index (χ4v) is 3.30. The van der Waals surface area contributed by atoms with E-state index < -0.39 is 0 Å². The molecule has 1 aliphatic rings. The van der Waals surface area contributed by atoms with Gasteiger partial charge in [0.2, 0.25) is 0 Å². The minimum atomic E-state index is 0.317. The smallest absolute Gasteiger partial charge is 0.0460 e. The molecule has 2 nitrogen and oxygen atoms in total. The molecule has 0 bridgehead atoms. The maximum absolute atomic E-state index is 5.76. The SMILES string of the molecule is CCCc1cccc(C(CCC2CCCC2)NN)c1. The molecular weight excluding hydrogens is 232 g/mol. The van der Waals surface area contributed by atoms with Gasteiger partial charge in [-0.1, -0.05) is 63.3 Å². The van der Waals surface area contributed by atoms with Crippen molar-refractivity contribution in [1.29, 1.82) is 0 Å². The summed E-state index contributed by atoms with van der Waals surface area (Å²) in [7, 11) is 0. The monoisotopic (exact) mass is 260 g/mol. The van der Waals surface area contributed by atoms with Gasteiger partial charge in [-0.2, -0.15) is 0 Å². The highest BCUT2D eigenvalue weighted by Gasteiger charge is 2.17. The fraction of sp³-hybridized carbons (Fsp3) is 0.647. The summed E-state index contributed by atoms with van der Waals surface area (Å²) in [5, 5.41) is 0. The molecule has 0 spiro atoms. The highest BCUT2D eigenvalue weighted by atomic mass is 15.2. The van der Waals surface area contributed by atoms with Crippen LogP contribution in [0.5, 0.6) is 0 Å². The standard InChI is InChI=1S/C17H28N2/c1-2-6-15-9-5-10-16(13-15)17(19-18)12-11-14-7-3-4-8-14/h5,9-10,13-14,17,19H,2-4,6-8,11-12,18H2,1H3. The molecule has 1 aromatic rings. The first-order valence-corrected chi connectivity index (χ1v) is 7.88. The summed E-state index contributed by atoms with van der Waals surface area (Å²) in [4.78, 5) is 0. The van der Waals surface area contributed by atoms with Gasteiger partial charge in [-0.15, -0.1) is 0 Å². The van der Waals surface area contributed by atoms with Crippen LogP contribution in [0.25, 0.3) is 0 Å². The van der Waals surface area contributed by atoms with E-state index in [9.17, 15) is 0 Å². The van der Waals surface area contributed by atoms with Crippen molar-refractivity contribution in [3.8, 4) is 0 Å². The highest BCUT2D eigenvalue weighted by molar-refractivity contribution is 5.26. The molecule has 3 N–H and O–H groups in total. The van der Waals surface area contributed by atoms with Crippen LogP contribution in [0.2, 0.25) is 0 Å². The lowest BCUT2D eigenvalue weighted by molar-refractivity contribution is 0.416. The number of nitrogens with two attached hydrogens (primary N) is 1. The molecule has 19 heavy (non-hydrogen) atoms. The second kappa shape index (κ2) is 7.66. The van der Waals surface area contributed by atoms with Crippen LogP contribution in [-0.2, 0) is 6.42 Å². The predicted octanol–water partition coefficient (Wildman–Crippen LogP) is 4.11. The molecule has 1 unspecified atom stereocenters. The van der Waals surface area contributed by atoms with Crippen LogP contribution in [0.4, 0.5) is 0 Å². The molecule has 0 amide bonds. The first-order chi connectivity index (χ1) is 9.33. The van der Waals surface area contributed by atoms with E-state index in [-0.39, 0.29) is 0 Å². The van der Waals surface area contributed by atoms with E-state index in [1.54, 1.807) is 0 Å². The van der Waals surface area contributed by atoms with Gasteiger partial charge in [-0.05, 0) is 36.3 Å². The molecule has 0 radical (unpaired) electrons. The van der Waals surface area contributed by atoms with Gasteiger partial charge >= 0.3 is 0 Å². The molecule has 1 atom stereocenters. The molecule has 0 saturated heterocycles. The molecule has 2 heteroatoms. The van der Waals surface area contributed by atoms with Crippen molar-refractivity contribution in [2.75, 3.05) is 0 Å². The molecule has 1 fully saturated rings. The summed E-state index contributed by atoms with van der Waals surface area (Å²) in [5.74, 6) is 6.70. The summed E-state index contributed by atoms with van der Waals surface area (Å²) in [5.41, 5.74) is 5.80. The highest BCUT2D eigenvalue weighted by Crippen LogP contribution is 2.31. The predicted molar refractivity (Wildman–Crippen MR) is 81.7 cm³/mol. The molecular formula is C17H28N2. The third kappa shape index (κ3) is 4.32. The zero-order chi connectivity index (χ0) is 13.5. The maximum Gasteiger partial charge on any atom is 0.0460 e. The van der Waals surface area contributed by atoms with Crippen LogP contribution in [-0.4, -0.2) is 0 Å². The Bertz CT molecular complexity index is 369. The number of nitrogens with one attached hydrogen (secondary N) is 1. The van der Waals surface area contributed by atoms with Crippen molar-refractivity contribution >= 4 is 0 Å². The average Bonchev–Trinajstić information content (AvgIpc) is 2.94. The largest absolute Gasteiger partial charge is 0.271 e. The summed E-state index contributed by atoms with van der Waals surface area (Å²) in [6, 6.07) is 9.23. The Morgan fingerprint density at radius 1 is 1.32 bits per heavy atom. The van der Waals surface area contributed by atoms with Crippen LogP contribution in [0, 0.1) is 5.92 Å². The molecule has 0 heterocycles. The Balaban J connectivity index is 1.93. The van der Waals surface area contributed by atoms with Gasteiger partial charge in [0, 0.05) is 6.04 Å². The van der Waals surface area contributed by atoms with Gasteiger partial charge in [-0.3, -0.25) is 11.3 Å². The van der Waals surface area contributed by atoms with Crippen LogP contribution in [0.3, 0.4) is 0 Å². The Morgan fingerprint density at radius 2 is 2.11 bits per heavy atom. The van der Waals surface area contributed by atoms with Crippen LogP contribution >= 0.6 is 0 Å². The van der Waals surface area contributed by atoms with E-state index in [1.807, 2.05) is 0 Å². The van der Waals surface area contributed by atoms with Crippen molar-refractivity contribution in [3.63, 3.8) is 0 Å². The van der Waals surface area contributed by atoms with Gasteiger partial charge in [0.25, 0.3) is 0 Å². The number of hydrazine groups is 1. The Kier molecular flexibility index (Phi) is 5.87. The van der Waals surface area contributed by atoms with E-state index >= 15 is 0 Å². The minimum absolute atomic E-state index is 0.317. The van der Waals surface area contributed by atoms with Crippen LogP contribution in [0.1, 0.15) is 69.0 Å². The van der Waals surface area contributed by atoms with Gasteiger partial charge < -0.3 is 0 Å². The average molecular weight is 260 g/mol. The first kappa shape index (κ1) is 14.5. The lowest BCUT2D eigenvalue weighted by Crippen LogP contribution is -2.28. The number of hydrogen-bond donors (Lipinski definition) is 2. The zero-order valence-electron chi connectivity index (χ0n) is 12.2. The quantitative estimate of drug-likeness (QED) is 0.572. The topological polar surface area (TPSA) is 38.0 Å². The number of hydrogen-bond acceptors (Lipinski definition) is 2. The normalized spacial score (nSPS) is 17.8. The van der Waals surface area contributed by atoms with Crippen molar-refractivity contribution < 1.29 is 0 Å². The van der Waals surface area contributed by atoms with E-state index in [0.29, 0.717) is 6.04 Å². The van der Waals surface area contributed by atoms with Crippen LogP contribution in [0.15, 0.2) is 24.3 Å². The minimum Gasteiger partial charge on any atom is -0.271 e. The van der Waals surface area contributed by atoms with Crippen LogP contribution < -0.4 is 11.3 Å². The molecule has 1 aliphatic carbocycles. The lowest BCUT2D eigenvalue weighted by atomic mass is 9.94. The molecule has 106 valence electrons. The number of rotatable bonds is 7. The molecule has 0 aliphatic heterocycles. The van der Waals surface area contributed by atoms with Gasteiger partial charge in [-0.25, -0.2) is 0 Å². The number of benzene rings is 1. The fourth-order valence-electron chi connectivity index (χ4n) is 3.30. The third-order valence-corrected chi connectivity index (χ3v) is 4.43. The lowest BCUT2D eigenvalue weighted by Gasteiger charge is -2.19. The molecule has 2 rings (SSSR count). The summed E-state index contributed by atoms with van der Waals surface area (Å²) in [6.45, 7) is 2.23.